The monoisotopic (exact) mass is 438 g/mol. The van der Waals surface area contributed by atoms with Crippen molar-refractivity contribution in [2.24, 2.45) is 11.1 Å². The number of benzene rings is 1. The van der Waals surface area contributed by atoms with Crippen molar-refractivity contribution < 1.29 is 0 Å². The van der Waals surface area contributed by atoms with Gasteiger partial charge in [-0.1, -0.05) is 48.0 Å². The molecular formula is C19H24Cl2N6S. The van der Waals surface area contributed by atoms with E-state index in [1.54, 1.807) is 23.8 Å². The molecule has 2 aromatic rings. The first-order valence-electron chi connectivity index (χ1n) is 9.05. The first kappa shape index (κ1) is 21.2. The van der Waals surface area contributed by atoms with Gasteiger partial charge in [-0.15, -0.1) is 0 Å². The molecule has 150 valence electrons. The van der Waals surface area contributed by atoms with E-state index in [1.165, 1.54) is 11.8 Å². The summed E-state index contributed by atoms with van der Waals surface area (Å²) in [5.41, 5.74) is 6.27. The summed E-state index contributed by atoms with van der Waals surface area (Å²) in [6.45, 7) is 6.15. The molecule has 0 saturated carbocycles. The van der Waals surface area contributed by atoms with Gasteiger partial charge < -0.3 is 10.6 Å². The molecule has 6 nitrogen and oxygen atoms in total. The number of halogens is 2. The largest absolute Gasteiger partial charge is 0.342 e. The van der Waals surface area contributed by atoms with Crippen molar-refractivity contribution in [3.05, 3.63) is 39.9 Å². The van der Waals surface area contributed by atoms with E-state index in [0.29, 0.717) is 27.4 Å². The molecule has 28 heavy (non-hydrogen) atoms. The van der Waals surface area contributed by atoms with Crippen LogP contribution in [0.15, 0.2) is 34.2 Å². The highest BCUT2D eigenvalue weighted by Gasteiger charge is 2.30. The fraction of sp³-hybridized carbons (Fsp3) is 0.421. The Morgan fingerprint density at radius 2 is 1.96 bits per heavy atom. The molecule has 0 unspecified atom stereocenters. The van der Waals surface area contributed by atoms with Crippen LogP contribution in [-0.2, 0) is 0 Å². The van der Waals surface area contributed by atoms with E-state index in [9.17, 15) is 0 Å². The average molecular weight is 439 g/mol. The Balaban J connectivity index is 1.95. The van der Waals surface area contributed by atoms with E-state index >= 15 is 0 Å². The van der Waals surface area contributed by atoms with E-state index in [1.807, 2.05) is 12.1 Å². The Labute approximate surface area is 179 Å². The zero-order chi connectivity index (χ0) is 20.5. The van der Waals surface area contributed by atoms with Gasteiger partial charge in [-0.2, -0.15) is 0 Å². The molecule has 0 aliphatic carbocycles. The van der Waals surface area contributed by atoms with E-state index < -0.39 is 0 Å². The number of nitrogens with one attached hydrogen (secondary N) is 2. The molecule has 0 spiro atoms. The Bertz CT molecular complexity index is 950. The average Bonchev–Trinajstić information content (AvgIpc) is 2.67. The number of aromatic nitrogens is 2. The zero-order valence-corrected chi connectivity index (χ0v) is 18.3. The number of nitrogens with two attached hydrogens (primary N) is 1. The van der Waals surface area contributed by atoms with Gasteiger partial charge in [0.25, 0.3) is 0 Å². The number of nitrogens with zero attached hydrogens (tertiary/aromatic N) is 3. The van der Waals surface area contributed by atoms with Gasteiger partial charge in [0.1, 0.15) is 11.3 Å². The summed E-state index contributed by atoms with van der Waals surface area (Å²) in [5, 5.41) is 17.8. The van der Waals surface area contributed by atoms with Crippen LogP contribution in [0.1, 0.15) is 26.7 Å². The lowest BCUT2D eigenvalue weighted by Crippen LogP contribution is -2.45. The molecule has 1 fully saturated rings. The molecule has 2 heterocycles. The van der Waals surface area contributed by atoms with Crippen molar-refractivity contribution in [2.75, 3.05) is 24.5 Å². The summed E-state index contributed by atoms with van der Waals surface area (Å²) >= 11 is 13.7. The van der Waals surface area contributed by atoms with Gasteiger partial charge in [0.2, 0.25) is 5.95 Å². The maximum absolute atomic E-state index is 8.66. The summed E-state index contributed by atoms with van der Waals surface area (Å²) in [6, 6.07) is 5.40. The third kappa shape index (κ3) is 4.22. The standard InChI is InChI=1S/C19H24Cl2N6S/c1-12(23)27-17(24)15(28-14-5-3-4-13(20)16(14)21)10-25-18(27)26-8-6-19(2,11-22)7-9-26/h3-5,10,23-24H,6-9,11,22H2,1-2H3. The smallest absolute Gasteiger partial charge is 0.212 e. The van der Waals surface area contributed by atoms with Crippen LogP contribution in [0, 0.1) is 16.2 Å². The minimum atomic E-state index is 0.143. The van der Waals surface area contributed by atoms with Crippen LogP contribution >= 0.6 is 35.0 Å². The normalized spacial score (nSPS) is 16.2. The van der Waals surface area contributed by atoms with Crippen molar-refractivity contribution in [1.82, 2.24) is 9.55 Å². The number of rotatable bonds is 4. The summed E-state index contributed by atoms with van der Waals surface area (Å²) in [6.07, 6.45) is 3.60. The zero-order valence-electron chi connectivity index (χ0n) is 15.9. The molecule has 0 amide bonds. The molecule has 4 N–H and O–H groups in total. The lowest BCUT2D eigenvalue weighted by atomic mass is 9.81. The molecule has 1 aromatic heterocycles. The first-order chi connectivity index (χ1) is 13.3. The second kappa shape index (κ2) is 8.45. The second-order valence-electron chi connectivity index (χ2n) is 7.35. The summed E-state index contributed by atoms with van der Waals surface area (Å²) in [5.74, 6) is 0.873. The van der Waals surface area contributed by atoms with E-state index in [4.69, 9.17) is 39.8 Å². The molecule has 1 saturated heterocycles. The third-order valence-corrected chi connectivity index (χ3v) is 7.18. The predicted molar refractivity (Wildman–Crippen MR) is 116 cm³/mol. The third-order valence-electron chi connectivity index (χ3n) is 5.17. The molecular weight excluding hydrogens is 415 g/mol. The molecule has 3 rings (SSSR count). The van der Waals surface area contributed by atoms with Gasteiger partial charge >= 0.3 is 0 Å². The maximum Gasteiger partial charge on any atom is 0.212 e. The molecule has 0 bridgehead atoms. The Hall–Kier alpha value is -1.54. The van der Waals surface area contributed by atoms with Crippen LogP contribution in [0.5, 0.6) is 0 Å². The van der Waals surface area contributed by atoms with Crippen molar-refractivity contribution in [3.8, 4) is 0 Å². The number of anilines is 1. The fourth-order valence-corrected chi connectivity index (χ4v) is 4.54. The van der Waals surface area contributed by atoms with Gasteiger partial charge in [-0.3, -0.25) is 15.4 Å². The van der Waals surface area contributed by atoms with Crippen LogP contribution in [0.4, 0.5) is 5.95 Å². The van der Waals surface area contributed by atoms with Crippen molar-refractivity contribution in [3.63, 3.8) is 0 Å². The van der Waals surface area contributed by atoms with Gasteiger partial charge in [-0.25, -0.2) is 4.98 Å². The predicted octanol–water partition coefficient (Wildman–Crippen LogP) is 4.23. The van der Waals surface area contributed by atoms with Gasteiger partial charge in [-0.05, 0) is 43.9 Å². The minimum absolute atomic E-state index is 0.143. The van der Waals surface area contributed by atoms with Crippen LogP contribution in [0.2, 0.25) is 10.0 Å². The minimum Gasteiger partial charge on any atom is -0.342 e. The highest BCUT2D eigenvalue weighted by molar-refractivity contribution is 7.99. The number of piperidine rings is 1. The quantitative estimate of drug-likeness (QED) is 0.491. The van der Waals surface area contributed by atoms with E-state index in [-0.39, 0.29) is 16.7 Å². The van der Waals surface area contributed by atoms with Crippen LogP contribution in [-0.4, -0.2) is 35.0 Å². The Morgan fingerprint density at radius 1 is 1.29 bits per heavy atom. The Kier molecular flexibility index (Phi) is 6.39. The van der Waals surface area contributed by atoms with Crippen LogP contribution < -0.4 is 16.1 Å². The Morgan fingerprint density at radius 3 is 2.57 bits per heavy atom. The van der Waals surface area contributed by atoms with E-state index in [2.05, 4.69) is 16.8 Å². The van der Waals surface area contributed by atoms with Crippen LogP contribution in [0.3, 0.4) is 0 Å². The molecule has 0 atom stereocenters. The highest BCUT2D eigenvalue weighted by atomic mass is 35.5. The van der Waals surface area contributed by atoms with E-state index in [0.717, 1.165) is 30.8 Å². The second-order valence-corrected chi connectivity index (χ2v) is 9.22. The van der Waals surface area contributed by atoms with Crippen molar-refractivity contribution in [1.29, 1.82) is 10.8 Å². The number of hydrogen-bond donors (Lipinski definition) is 3. The van der Waals surface area contributed by atoms with Gasteiger partial charge in [0.05, 0.1) is 14.9 Å². The first-order valence-corrected chi connectivity index (χ1v) is 10.6. The fourth-order valence-electron chi connectivity index (χ4n) is 3.19. The lowest BCUT2D eigenvalue weighted by Gasteiger charge is -2.39. The molecule has 0 radical (unpaired) electrons. The van der Waals surface area contributed by atoms with Crippen molar-refractivity contribution in [2.45, 2.75) is 36.5 Å². The molecule has 9 heteroatoms. The summed E-state index contributed by atoms with van der Waals surface area (Å²) < 4.78 is 1.58. The van der Waals surface area contributed by atoms with Crippen molar-refractivity contribution >= 4 is 46.7 Å². The molecule has 1 aliphatic heterocycles. The summed E-state index contributed by atoms with van der Waals surface area (Å²) in [7, 11) is 0. The van der Waals surface area contributed by atoms with Gasteiger partial charge in [0, 0.05) is 24.2 Å². The van der Waals surface area contributed by atoms with Crippen LogP contribution in [0.25, 0.3) is 0 Å². The maximum atomic E-state index is 8.66. The molecule has 1 aromatic carbocycles. The summed E-state index contributed by atoms with van der Waals surface area (Å²) in [4.78, 5) is 8.11. The lowest BCUT2D eigenvalue weighted by molar-refractivity contribution is 0.256. The van der Waals surface area contributed by atoms with Gasteiger partial charge in [0.15, 0.2) is 0 Å². The molecule has 1 aliphatic rings. The number of hydrogen-bond acceptors (Lipinski definition) is 6. The SMILES string of the molecule is CC(=N)n1c(N2CCC(C)(CN)CC2)ncc(Sc2cccc(Cl)c2Cl)c1=N. The topological polar surface area (TPSA) is 94.8 Å². The highest BCUT2D eigenvalue weighted by Crippen LogP contribution is 2.36.